The van der Waals surface area contributed by atoms with Crippen LogP contribution in [-0.4, -0.2) is 25.9 Å². The smallest absolute Gasteiger partial charge is 0.149 e. The van der Waals surface area contributed by atoms with Gasteiger partial charge < -0.3 is 9.47 Å². The molecule has 0 aromatic carbocycles. The Bertz CT molecular complexity index is 147. The largest absolute Gasteiger partial charge is 0.381 e. The molecule has 0 aromatic heterocycles. The van der Waals surface area contributed by atoms with E-state index in [1.54, 1.807) is 0 Å². The molecule has 0 spiro atoms. The van der Waals surface area contributed by atoms with E-state index < -0.39 is 0 Å². The highest BCUT2D eigenvalue weighted by molar-refractivity contribution is 4.91. The van der Waals surface area contributed by atoms with E-state index in [2.05, 4.69) is 6.07 Å². The predicted octanol–water partition coefficient (Wildman–Crippen LogP) is 0.952. The van der Waals surface area contributed by atoms with Crippen molar-refractivity contribution in [1.29, 1.82) is 5.26 Å². The highest BCUT2D eigenvalue weighted by Gasteiger charge is 2.25. The zero-order chi connectivity index (χ0) is 8.10. The number of rotatable bonds is 3. The maximum Gasteiger partial charge on any atom is 0.149 e. The van der Waals surface area contributed by atoms with Gasteiger partial charge in [0.15, 0.2) is 0 Å². The monoisotopic (exact) mass is 155 g/mol. The zero-order valence-corrected chi connectivity index (χ0v) is 6.75. The molecule has 1 aliphatic heterocycles. The fraction of sp³-hybridized carbons (Fsp3) is 0.875. The molecule has 1 heterocycles. The maximum atomic E-state index is 8.69. The molecule has 0 aromatic rings. The Balaban J connectivity index is 2.35. The van der Waals surface area contributed by atoms with Crippen molar-refractivity contribution < 1.29 is 9.47 Å². The van der Waals surface area contributed by atoms with Crippen molar-refractivity contribution in [3.8, 4) is 6.07 Å². The van der Waals surface area contributed by atoms with Gasteiger partial charge in [-0.25, -0.2) is 0 Å². The molecule has 1 aliphatic rings. The van der Waals surface area contributed by atoms with Crippen LogP contribution in [0.4, 0.5) is 0 Å². The lowest BCUT2D eigenvalue weighted by molar-refractivity contribution is 0.0524. The summed E-state index contributed by atoms with van der Waals surface area (Å²) in [6.07, 6.45) is 0.695. The minimum atomic E-state index is -0.262. The Morgan fingerprint density at radius 3 is 3.09 bits per heavy atom. The third kappa shape index (κ3) is 2.18. The summed E-state index contributed by atoms with van der Waals surface area (Å²) in [5.41, 5.74) is 0. The Morgan fingerprint density at radius 2 is 2.64 bits per heavy atom. The average Bonchev–Trinajstić information content (AvgIpc) is 2.52. The molecule has 0 N–H and O–H groups in total. The van der Waals surface area contributed by atoms with Crippen molar-refractivity contribution in [2.45, 2.75) is 19.4 Å². The first-order valence-corrected chi connectivity index (χ1v) is 3.97. The molecule has 0 aliphatic carbocycles. The lowest BCUT2D eigenvalue weighted by Gasteiger charge is -2.13. The van der Waals surface area contributed by atoms with E-state index in [0.29, 0.717) is 19.1 Å². The number of hydrogen-bond donors (Lipinski definition) is 0. The average molecular weight is 155 g/mol. The highest BCUT2D eigenvalue weighted by Crippen LogP contribution is 2.18. The summed E-state index contributed by atoms with van der Waals surface area (Å²) in [4.78, 5) is 0. The number of ether oxygens (including phenoxy) is 2. The summed E-state index contributed by atoms with van der Waals surface area (Å²) in [7, 11) is 0. The normalized spacial score (nSPS) is 26.4. The minimum Gasteiger partial charge on any atom is -0.381 e. The van der Waals surface area contributed by atoms with Crippen LogP contribution >= 0.6 is 0 Å². The van der Waals surface area contributed by atoms with Crippen molar-refractivity contribution in [2.24, 2.45) is 5.92 Å². The molecule has 3 nitrogen and oxygen atoms in total. The summed E-state index contributed by atoms with van der Waals surface area (Å²) in [5, 5.41) is 8.69. The van der Waals surface area contributed by atoms with Gasteiger partial charge in [-0.05, 0) is 13.3 Å². The Morgan fingerprint density at radius 1 is 1.82 bits per heavy atom. The summed E-state index contributed by atoms with van der Waals surface area (Å²) in [6, 6.07) is 2.14. The van der Waals surface area contributed by atoms with Crippen LogP contribution in [0.15, 0.2) is 0 Å². The van der Waals surface area contributed by atoms with E-state index in [4.69, 9.17) is 14.7 Å². The second-order valence-corrected chi connectivity index (χ2v) is 2.63. The summed E-state index contributed by atoms with van der Waals surface area (Å²) < 4.78 is 10.4. The summed E-state index contributed by atoms with van der Waals surface area (Å²) in [6.45, 7) is 3.96. The first-order valence-electron chi connectivity index (χ1n) is 3.97. The molecule has 0 radical (unpaired) electrons. The van der Waals surface area contributed by atoms with Gasteiger partial charge in [0.2, 0.25) is 0 Å². The third-order valence-electron chi connectivity index (χ3n) is 1.87. The van der Waals surface area contributed by atoms with E-state index in [0.717, 1.165) is 13.0 Å². The Hall–Kier alpha value is -0.590. The third-order valence-corrected chi connectivity index (χ3v) is 1.87. The van der Waals surface area contributed by atoms with Crippen LogP contribution in [-0.2, 0) is 9.47 Å². The van der Waals surface area contributed by atoms with Crippen LogP contribution < -0.4 is 0 Å². The number of hydrogen-bond acceptors (Lipinski definition) is 3. The van der Waals surface area contributed by atoms with E-state index >= 15 is 0 Å². The molecule has 1 rings (SSSR count). The predicted molar refractivity (Wildman–Crippen MR) is 40.0 cm³/mol. The summed E-state index contributed by atoms with van der Waals surface area (Å²) in [5.74, 6) is 0.292. The molecular formula is C8H13NO2. The van der Waals surface area contributed by atoms with Crippen molar-refractivity contribution in [2.75, 3.05) is 19.8 Å². The first kappa shape index (κ1) is 8.51. The van der Waals surface area contributed by atoms with Crippen LogP contribution in [0.25, 0.3) is 0 Å². The zero-order valence-electron chi connectivity index (χ0n) is 6.75. The molecule has 3 heteroatoms. The Kier molecular flexibility index (Phi) is 3.34. The molecule has 2 atom stereocenters. The van der Waals surface area contributed by atoms with Gasteiger partial charge in [-0.1, -0.05) is 0 Å². The maximum absolute atomic E-state index is 8.69. The minimum absolute atomic E-state index is 0.262. The van der Waals surface area contributed by atoms with Crippen molar-refractivity contribution >= 4 is 0 Å². The van der Waals surface area contributed by atoms with Crippen molar-refractivity contribution in [3.63, 3.8) is 0 Å². The number of nitriles is 1. The van der Waals surface area contributed by atoms with Crippen LogP contribution in [0.1, 0.15) is 13.3 Å². The SMILES string of the molecule is CCO[C@@H](C#N)[C@@H]1CCOC1. The topological polar surface area (TPSA) is 42.2 Å². The van der Waals surface area contributed by atoms with E-state index in [9.17, 15) is 0 Å². The quantitative estimate of drug-likeness (QED) is 0.609. The Labute approximate surface area is 66.9 Å². The standard InChI is InChI=1S/C8H13NO2/c1-2-11-8(5-9)7-3-4-10-6-7/h7-8H,2-4,6H2,1H3/t7-,8+/m1/s1. The second-order valence-electron chi connectivity index (χ2n) is 2.63. The van der Waals surface area contributed by atoms with Crippen LogP contribution in [0.5, 0.6) is 0 Å². The van der Waals surface area contributed by atoms with Gasteiger partial charge in [0.05, 0.1) is 12.7 Å². The molecule has 0 amide bonds. The van der Waals surface area contributed by atoms with E-state index in [-0.39, 0.29) is 6.10 Å². The van der Waals surface area contributed by atoms with Gasteiger partial charge in [-0.15, -0.1) is 0 Å². The second kappa shape index (κ2) is 4.32. The summed E-state index contributed by atoms with van der Waals surface area (Å²) >= 11 is 0. The fourth-order valence-electron chi connectivity index (χ4n) is 1.25. The fourth-order valence-corrected chi connectivity index (χ4v) is 1.25. The molecule has 0 unspecified atom stereocenters. The molecule has 1 fully saturated rings. The van der Waals surface area contributed by atoms with Gasteiger partial charge >= 0.3 is 0 Å². The molecule has 1 saturated heterocycles. The van der Waals surface area contributed by atoms with Crippen LogP contribution in [0.2, 0.25) is 0 Å². The molecule has 0 saturated carbocycles. The van der Waals surface area contributed by atoms with Gasteiger partial charge in [-0.3, -0.25) is 0 Å². The lowest BCUT2D eigenvalue weighted by Crippen LogP contribution is -2.22. The number of nitrogens with zero attached hydrogens (tertiary/aromatic N) is 1. The van der Waals surface area contributed by atoms with Gasteiger partial charge in [0, 0.05) is 19.1 Å². The van der Waals surface area contributed by atoms with E-state index in [1.807, 2.05) is 6.92 Å². The molecular weight excluding hydrogens is 142 g/mol. The molecule has 11 heavy (non-hydrogen) atoms. The first-order chi connectivity index (χ1) is 5.38. The van der Waals surface area contributed by atoms with E-state index in [1.165, 1.54) is 0 Å². The molecule has 0 bridgehead atoms. The van der Waals surface area contributed by atoms with Gasteiger partial charge in [0.1, 0.15) is 6.10 Å². The van der Waals surface area contributed by atoms with Gasteiger partial charge in [0.25, 0.3) is 0 Å². The lowest BCUT2D eigenvalue weighted by atomic mass is 10.0. The molecule has 62 valence electrons. The van der Waals surface area contributed by atoms with Crippen molar-refractivity contribution in [3.05, 3.63) is 0 Å². The van der Waals surface area contributed by atoms with Crippen LogP contribution in [0, 0.1) is 17.2 Å². The van der Waals surface area contributed by atoms with Crippen molar-refractivity contribution in [1.82, 2.24) is 0 Å². The van der Waals surface area contributed by atoms with Gasteiger partial charge in [-0.2, -0.15) is 5.26 Å². The highest BCUT2D eigenvalue weighted by atomic mass is 16.5. The van der Waals surface area contributed by atoms with Crippen LogP contribution in [0.3, 0.4) is 0 Å².